The molecule has 0 aliphatic carbocycles. The first-order chi connectivity index (χ1) is 15.5. The highest BCUT2D eigenvalue weighted by Crippen LogP contribution is 2.27. The summed E-state index contributed by atoms with van der Waals surface area (Å²) in [5.74, 6) is 1.12. The zero-order chi connectivity index (χ0) is 23.1. The monoisotopic (exact) mass is 437 g/mol. The maximum absolute atomic E-state index is 13.3. The highest BCUT2D eigenvalue weighted by Gasteiger charge is 2.20. The van der Waals surface area contributed by atoms with Crippen molar-refractivity contribution in [3.63, 3.8) is 0 Å². The fourth-order valence-corrected chi connectivity index (χ4v) is 3.67. The Bertz CT molecular complexity index is 1140. The summed E-state index contributed by atoms with van der Waals surface area (Å²) in [7, 11) is 4.96. The summed E-state index contributed by atoms with van der Waals surface area (Å²) < 4.78 is 12.1. The molecule has 3 rings (SSSR count). The quantitative estimate of drug-likeness (QED) is 0.450. The number of unbranched alkanes of at least 4 members (excludes halogenated alkanes) is 2. The van der Waals surface area contributed by atoms with Crippen LogP contribution in [0, 0.1) is 0 Å². The van der Waals surface area contributed by atoms with Crippen molar-refractivity contribution in [1.82, 2.24) is 14.7 Å². The molecule has 0 spiro atoms. The zero-order valence-corrected chi connectivity index (χ0v) is 19.3. The van der Waals surface area contributed by atoms with Gasteiger partial charge in [0, 0.05) is 25.5 Å². The van der Waals surface area contributed by atoms with Crippen molar-refractivity contribution in [3.8, 4) is 11.5 Å². The van der Waals surface area contributed by atoms with Gasteiger partial charge < -0.3 is 14.4 Å². The first-order valence-electron chi connectivity index (χ1n) is 11.0. The van der Waals surface area contributed by atoms with Crippen LogP contribution in [0.5, 0.6) is 11.5 Å². The molecule has 0 unspecified atom stereocenters. The number of carbonyl (C=O) groups is 1. The van der Waals surface area contributed by atoms with Crippen LogP contribution in [0.2, 0.25) is 0 Å². The topological polar surface area (TPSA) is 73.7 Å². The maximum Gasteiger partial charge on any atom is 0.274 e. The lowest BCUT2D eigenvalue weighted by Crippen LogP contribution is -2.33. The number of hydrogen-bond acceptors (Lipinski definition) is 5. The molecule has 32 heavy (non-hydrogen) atoms. The standard InChI is InChI=1S/C25H31N3O4/c1-5-6-9-15-28-24(29)20-11-8-7-10-19(20)23(26-28)25(30)27(2)16-14-18-12-13-21(31-3)22(17-18)32-4/h7-8,10-13,17H,5-6,9,14-16H2,1-4H3. The van der Waals surface area contributed by atoms with Crippen molar-refractivity contribution in [2.24, 2.45) is 0 Å². The lowest BCUT2D eigenvalue weighted by atomic mass is 10.1. The van der Waals surface area contributed by atoms with E-state index in [0.717, 1.165) is 24.8 Å². The molecule has 3 aromatic rings. The number of likely N-dealkylation sites (N-methyl/N-ethyl adjacent to an activating group) is 1. The Labute approximate surface area is 188 Å². The van der Waals surface area contributed by atoms with Gasteiger partial charge in [0.25, 0.3) is 11.5 Å². The minimum absolute atomic E-state index is 0.152. The molecular formula is C25H31N3O4. The molecule has 170 valence electrons. The van der Waals surface area contributed by atoms with Crippen LogP contribution < -0.4 is 15.0 Å². The van der Waals surface area contributed by atoms with Gasteiger partial charge in [0.1, 0.15) is 0 Å². The molecule has 0 atom stereocenters. The van der Waals surface area contributed by atoms with Gasteiger partial charge in [-0.3, -0.25) is 9.59 Å². The molecule has 0 fully saturated rings. The molecule has 0 bridgehead atoms. The maximum atomic E-state index is 13.3. The normalized spacial score (nSPS) is 10.9. The Morgan fingerprint density at radius 3 is 2.44 bits per heavy atom. The molecule has 0 N–H and O–H groups in total. The van der Waals surface area contributed by atoms with E-state index in [4.69, 9.17) is 9.47 Å². The number of amides is 1. The summed E-state index contributed by atoms with van der Waals surface area (Å²) >= 11 is 0. The number of aromatic nitrogens is 2. The van der Waals surface area contributed by atoms with Crippen LogP contribution in [0.15, 0.2) is 47.3 Å². The number of carbonyl (C=O) groups excluding carboxylic acids is 1. The van der Waals surface area contributed by atoms with E-state index in [-0.39, 0.29) is 11.5 Å². The first-order valence-corrected chi connectivity index (χ1v) is 11.0. The van der Waals surface area contributed by atoms with E-state index in [1.54, 1.807) is 38.3 Å². The van der Waals surface area contributed by atoms with Crippen molar-refractivity contribution in [2.75, 3.05) is 27.8 Å². The molecular weight excluding hydrogens is 406 g/mol. The number of ether oxygens (including phenoxy) is 2. The molecule has 1 amide bonds. The first kappa shape index (κ1) is 23.3. The van der Waals surface area contributed by atoms with Crippen molar-refractivity contribution < 1.29 is 14.3 Å². The van der Waals surface area contributed by atoms with E-state index in [9.17, 15) is 9.59 Å². The molecule has 0 saturated heterocycles. The predicted octanol–water partition coefficient (Wildman–Crippen LogP) is 3.92. The Kier molecular flexibility index (Phi) is 7.87. The highest BCUT2D eigenvalue weighted by atomic mass is 16.5. The molecule has 7 heteroatoms. The number of fused-ring (bicyclic) bond motifs is 1. The minimum atomic E-state index is -0.203. The number of hydrogen-bond donors (Lipinski definition) is 0. The van der Waals surface area contributed by atoms with Gasteiger partial charge >= 0.3 is 0 Å². The largest absolute Gasteiger partial charge is 0.493 e. The van der Waals surface area contributed by atoms with E-state index >= 15 is 0 Å². The van der Waals surface area contributed by atoms with E-state index in [2.05, 4.69) is 12.0 Å². The van der Waals surface area contributed by atoms with Crippen LogP contribution in [0.25, 0.3) is 10.8 Å². The van der Waals surface area contributed by atoms with Gasteiger partial charge in [-0.15, -0.1) is 0 Å². The van der Waals surface area contributed by atoms with E-state index in [1.807, 2.05) is 30.3 Å². The Balaban J connectivity index is 1.83. The molecule has 0 saturated carbocycles. The third-order valence-corrected chi connectivity index (χ3v) is 5.57. The lowest BCUT2D eigenvalue weighted by molar-refractivity contribution is 0.0790. The molecule has 0 aliphatic rings. The van der Waals surface area contributed by atoms with E-state index in [0.29, 0.717) is 47.5 Å². The SMILES string of the molecule is CCCCCn1nc(C(=O)N(C)CCc2ccc(OC)c(OC)c2)c2ccccc2c1=O. The average molecular weight is 438 g/mol. The Morgan fingerprint density at radius 2 is 1.75 bits per heavy atom. The molecule has 0 radical (unpaired) electrons. The van der Waals surface area contributed by atoms with Gasteiger partial charge in [-0.1, -0.05) is 44.0 Å². The second-order valence-corrected chi connectivity index (χ2v) is 7.80. The molecule has 0 aliphatic heterocycles. The van der Waals surface area contributed by atoms with Crippen molar-refractivity contribution >= 4 is 16.7 Å². The Morgan fingerprint density at radius 1 is 1.03 bits per heavy atom. The molecule has 1 aromatic heterocycles. The number of nitrogens with zero attached hydrogens (tertiary/aromatic N) is 3. The zero-order valence-electron chi connectivity index (χ0n) is 19.3. The number of methoxy groups -OCH3 is 2. The van der Waals surface area contributed by atoms with Gasteiger partial charge in [0.2, 0.25) is 0 Å². The summed E-state index contributed by atoms with van der Waals surface area (Å²) in [6.45, 7) is 3.12. The smallest absolute Gasteiger partial charge is 0.274 e. The summed E-state index contributed by atoms with van der Waals surface area (Å²) in [6, 6.07) is 12.9. The van der Waals surface area contributed by atoms with Crippen molar-refractivity contribution in [3.05, 3.63) is 64.1 Å². The minimum Gasteiger partial charge on any atom is -0.493 e. The summed E-state index contributed by atoms with van der Waals surface area (Å²) in [4.78, 5) is 27.8. The van der Waals surface area contributed by atoms with E-state index < -0.39 is 0 Å². The van der Waals surface area contributed by atoms with Crippen molar-refractivity contribution in [1.29, 1.82) is 0 Å². The van der Waals surface area contributed by atoms with Crippen LogP contribution in [0.3, 0.4) is 0 Å². The number of aryl methyl sites for hydroxylation is 1. The Hall–Kier alpha value is -3.35. The fraction of sp³-hybridized carbons (Fsp3) is 0.400. The third-order valence-electron chi connectivity index (χ3n) is 5.57. The summed E-state index contributed by atoms with van der Waals surface area (Å²) in [5.41, 5.74) is 1.19. The average Bonchev–Trinajstić information content (AvgIpc) is 2.83. The summed E-state index contributed by atoms with van der Waals surface area (Å²) in [5, 5.41) is 5.59. The van der Waals surface area contributed by atoms with Gasteiger partial charge in [0.05, 0.1) is 19.6 Å². The van der Waals surface area contributed by atoms with Crippen molar-refractivity contribution in [2.45, 2.75) is 39.2 Å². The molecule has 1 heterocycles. The highest BCUT2D eigenvalue weighted by molar-refractivity contribution is 6.04. The van der Waals surface area contributed by atoms with Gasteiger partial charge in [0.15, 0.2) is 17.2 Å². The fourth-order valence-electron chi connectivity index (χ4n) is 3.67. The molecule has 2 aromatic carbocycles. The second kappa shape index (κ2) is 10.8. The van der Waals surface area contributed by atoms with Crippen LogP contribution in [-0.2, 0) is 13.0 Å². The van der Waals surface area contributed by atoms with Gasteiger partial charge in [-0.25, -0.2) is 4.68 Å². The van der Waals surface area contributed by atoms with Crippen LogP contribution >= 0.6 is 0 Å². The van der Waals surface area contributed by atoms with Gasteiger partial charge in [-0.2, -0.15) is 5.10 Å². The van der Waals surface area contributed by atoms with Crippen LogP contribution in [0.4, 0.5) is 0 Å². The third kappa shape index (κ3) is 5.10. The number of benzene rings is 2. The lowest BCUT2D eigenvalue weighted by Gasteiger charge is -2.19. The van der Waals surface area contributed by atoms with Gasteiger partial charge in [-0.05, 0) is 36.6 Å². The number of rotatable bonds is 10. The summed E-state index contributed by atoms with van der Waals surface area (Å²) in [6.07, 6.45) is 3.56. The molecule has 7 nitrogen and oxygen atoms in total. The second-order valence-electron chi connectivity index (χ2n) is 7.80. The van der Waals surface area contributed by atoms with E-state index in [1.165, 1.54) is 4.68 Å². The predicted molar refractivity (Wildman–Crippen MR) is 126 cm³/mol. The van der Waals surface area contributed by atoms with Crippen LogP contribution in [-0.4, -0.2) is 48.4 Å². The van der Waals surface area contributed by atoms with Crippen LogP contribution in [0.1, 0.15) is 42.2 Å².